The van der Waals surface area contributed by atoms with Crippen LogP contribution in [0.25, 0.3) is 11.0 Å². The van der Waals surface area contributed by atoms with Crippen LogP contribution < -0.4 is 5.32 Å². The summed E-state index contributed by atoms with van der Waals surface area (Å²) in [6.07, 6.45) is 0. The van der Waals surface area contributed by atoms with E-state index in [1.807, 2.05) is 36.7 Å². The zero-order valence-electron chi connectivity index (χ0n) is 12.9. The molecule has 0 unspecified atom stereocenters. The first-order valence-corrected chi connectivity index (χ1v) is 7.54. The molecule has 3 rings (SSSR count). The van der Waals surface area contributed by atoms with Crippen molar-refractivity contribution in [1.29, 1.82) is 0 Å². The Hall–Kier alpha value is -1.98. The number of halogens is 2. The Morgan fingerprint density at radius 3 is 2.70 bits per heavy atom. The number of hydrogen-bond donors (Lipinski definition) is 2. The van der Waals surface area contributed by atoms with Gasteiger partial charge >= 0.3 is 0 Å². The second-order valence-corrected chi connectivity index (χ2v) is 5.41. The summed E-state index contributed by atoms with van der Waals surface area (Å²) < 4.78 is 1.99. The van der Waals surface area contributed by atoms with Gasteiger partial charge in [0.1, 0.15) is 11.4 Å². The van der Waals surface area contributed by atoms with Gasteiger partial charge < -0.3 is 15.0 Å². The van der Waals surface area contributed by atoms with Gasteiger partial charge in [-0.05, 0) is 36.8 Å². The van der Waals surface area contributed by atoms with E-state index in [0.717, 1.165) is 28.2 Å². The fraction of sp³-hybridized carbons (Fsp3) is 0.250. The third kappa shape index (κ3) is 3.35. The number of aromatic hydroxyl groups is 1. The Morgan fingerprint density at radius 1 is 1.22 bits per heavy atom. The second-order valence-electron chi connectivity index (χ2n) is 5.15. The van der Waals surface area contributed by atoms with E-state index in [1.165, 1.54) is 0 Å². The molecule has 3 aromatic rings. The van der Waals surface area contributed by atoms with E-state index in [1.54, 1.807) is 12.1 Å². The van der Waals surface area contributed by atoms with E-state index in [4.69, 9.17) is 11.6 Å². The van der Waals surface area contributed by atoms with Crippen molar-refractivity contribution in [1.82, 2.24) is 14.5 Å². The van der Waals surface area contributed by atoms with Gasteiger partial charge in [0, 0.05) is 18.6 Å². The molecule has 7 heteroatoms. The van der Waals surface area contributed by atoms with E-state index in [9.17, 15) is 5.11 Å². The monoisotopic (exact) mass is 352 g/mol. The van der Waals surface area contributed by atoms with Crippen LogP contribution in [0, 0.1) is 6.92 Å². The Kier molecular flexibility index (Phi) is 5.34. The third-order valence-corrected chi connectivity index (χ3v) is 3.90. The average molecular weight is 353 g/mol. The molecule has 0 saturated heterocycles. The van der Waals surface area contributed by atoms with Crippen LogP contribution >= 0.6 is 24.0 Å². The smallest absolute Gasteiger partial charge is 0.203 e. The van der Waals surface area contributed by atoms with Crippen molar-refractivity contribution in [2.75, 3.05) is 12.4 Å². The van der Waals surface area contributed by atoms with Crippen molar-refractivity contribution in [2.24, 2.45) is 0 Å². The van der Waals surface area contributed by atoms with Gasteiger partial charge in [0.2, 0.25) is 5.95 Å². The maximum atomic E-state index is 10.0. The Bertz CT molecular complexity index is 832. The normalized spacial score (nSPS) is 10.6. The van der Waals surface area contributed by atoms with Crippen molar-refractivity contribution < 1.29 is 5.11 Å². The lowest BCUT2D eigenvalue weighted by molar-refractivity contribution is 0.461. The molecule has 0 atom stereocenters. The van der Waals surface area contributed by atoms with E-state index in [-0.39, 0.29) is 18.2 Å². The van der Waals surface area contributed by atoms with Gasteiger partial charge in [-0.15, -0.1) is 24.0 Å². The zero-order valence-corrected chi connectivity index (χ0v) is 14.4. The molecular formula is C16H18Cl2N4O. The van der Waals surface area contributed by atoms with Gasteiger partial charge in [-0.25, -0.2) is 4.98 Å². The van der Waals surface area contributed by atoms with E-state index < -0.39 is 0 Å². The highest BCUT2D eigenvalue weighted by Gasteiger charge is 2.13. The van der Waals surface area contributed by atoms with Crippen LogP contribution in [-0.2, 0) is 12.4 Å². The summed E-state index contributed by atoms with van der Waals surface area (Å²) in [7, 11) is 1.82. The van der Waals surface area contributed by atoms with Crippen LogP contribution in [0.2, 0.25) is 0 Å². The van der Waals surface area contributed by atoms with Crippen molar-refractivity contribution in [3.05, 3.63) is 47.3 Å². The van der Waals surface area contributed by atoms with Gasteiger partial charge in [0.15, 0.2) is 0 Å². The molecule has 23 heavy (non-hydrogen) atoms. The van der Waals surface area contributed by atoms with Gasteiger partial charge in [0.05, 0.1) is 17.6 Å². The Morgan fingerprint density at radius 2 is 2.00 bits per heavy atom. The minimum atomic E-state index is 0. The van der Waals surface area contributed by atoms with Gasteiger partial charge in [-0.1, -0.05) is 6.07 Å². The lowest BCUT2D eigenvalue weighted by Crippen LogP contribution is -2.07. The number of benzene rings is 1. The summed E-state index contributed by atoms with van der Waals surface area (Å²) in [4.78, 5) is 8.97. The topological polar surface area (TPSA) is 63.0 Å². The molecule has 0 aliphatic rings. The number of pyridine rings is 1. The Balaban J connectivity index is 0.00000192. The summed E-state index contributed by atoms with van der Waals surface area (Å²) in [6.45, 7) is 2.34. The highest BCUT2D eigenvalue weighted by molar-refractivity contribution is 6.17. The van der Waals surface area contributed by atoms with Crippen molar-refractivity contribution >= 4 is 41.0 Å². The molecule has 0 amide bonds. The lowest BCUT2D eigenvalue weighted by atomic mass is 10.2. The lowest BCUT2D eigenvalue weighted by Gasteiger charge is -2.10. The van der Waals surface area contributed by atoms with Crippen molar-refractivity contribution in [3.63, 3.8) is 0 Å². The van der Waals surface area contributed by atoms with E-state index >= 15 is 0 Å². The quantitative estimate of drug-likeness (QED) is 0.702. The molecule has 2 aromatic heterocycles. The highest BCUT2D eigenvalue weighted by atomic mass is 35.5. The molecule has 0 spiro atoms. The van der Waals surface area contributed by atoms with Crippen molar-refractivity contribution in [3.8, 4) is 5.75 Å². The van der Waals surface area contributed by atoms with Crippen LogP contribution in [0.3, 0.4) is 0 Å². The van der Waals surface area contributed by atoms with Crippen molar-refractivity contribution in [2.45, 2.75) is 19.3 Å². The van der Waals surface area contributed by atoms with Crippen LogP contribution in [0.4, 0.5) is 5.95 Å². The molecule has 2 N–H and O–H groups in total. The molecule has 0 fully saturated rings. The van der Waals surface area contributed by atoms with E-state index in [2.05, 4.69) is 15.3 Å². The predicted octanol–water partition coefficient (Wildman–Crippen LogP) is 3.70. The summed E-state index contributed by atoms with van der Waals surface area (Å²) in [5.74, 6) is 1.36. The number of fused-ring (bicyclic) bond motifs is 1. The summed E-state index contributed by atoms with van der Waals surface area (Å²) in [6, 6.07) is 9.39. The fourth-order valence-electron chi connectivity index (χ4n) is 2.47. The van der Waals surface area contributed by atoms with Gasteiger partial charge in [-0.2, -0.15) is 0 Å². The Labute approximate surface area is 145 Å². The minimum Gasteiger partial charge on any atom is -0.506 e. The number of hydrogen-bond acceptors (Lipinski definition) is 4. The SMILES string of the molecule is CNc1nc2ccc(CCl)cc2n1Cc1nc(C)ccc1O.Cl. The van der Waals surface area contributed by atoms with Crippen LogP contribution in [0.15, 0.2) is 30.3 Å². The zero-order chi connectivity index (χ0) is 15.7. The van der Waals surface area contributed by atoms with E-state index in [0.29, 0.717) is 18.1 Å². The second kappa shape index (κ2) is 7.06. The first-order valence-electron chi connectivity index (χ1n) is 7.00. The van der Waals surface area contributed by atoms with Crippen LogP contribution in [0.1, 0.15) is 17.0 Å². The highest BCUT2D eigenvalue weighted by Crippen LogP contribution is 2.25. The molecule has 5 nitrogen and oxygen atoms in total. The molecule has 0 saturated carbocycles. The average Bonchev–Trinajstić information content (AvgIpc) is 2.88. The van der Waals surface area contributed by atoms with Crippen LogP contribution in [0.5, 0.6) is 5.75 Å². The predicted molar refractivity (Wildman–Crippen MR) is 95.8 cm³/mol. The largest absolute Gasteiger partial charge is 0.506 e. The molecule has 0 radical (unpaired) electrons. The maximum Gasteiger partial charge on any atom is 0.203 e. The van der Waals surface area contributed by atoms with Crippen LogP contribution in [-0.4, -0.2) is 26.7 Å². The summed E-state index contributed by atoms with van der Waals surface area (Å²) >= 11 is 5.93. The first kappa shape index (κ1) is 17.4. The number of anilines is 1. The number of nitrogens with zero attached hydrogens (tertiary/aromatic N) is 3. The molecule has 1 aromatic carbocycles. The van der Waals surface area contributed by atoms with Gasteiger partial charge in [0.25, 0.3) is 0 Å². The molecule has 0 bridgehead atoms. The number of imidazole rings is 1. The fourth-order valence-corrected chi connectivity index (χ4v) is 2.64. The number of aryl methyl sites for hydroxylation is 1. The van der Waals surface area contributed by atoms with Gasteiger partial charge in [-0.3, -0.25) is 4.98 Å². The molecule has 2 heterocycles. The standard InChI is InChI=1S/C16H17ClN4O.ClH/c1-10-3-6-15(22)13(19-10)9-21-14-7-11(8-17)4-5-12(14)20-16(21)18-2;/h3-7,22H,8-9H2,1-2H3,(H,18,20);1H. The molecule has 122 valence electrons. The summed E-state index contributed by atoms with van der Waals surface area (Å²) in [5, 5.41) is 13.1. The number of rotatable bonds is 4. The first-order chi connectivity index (χ1) is 10.6. The summed E-state index contributed by atoms with van der Waals surface area (Å²) in [5.41, 5.74) is 4.35. The molecule has 0 aliphatic carbocycles. The third-order valence-electron chi connectivity index (χ3n) is 3.59. The minimum absolute atomic E-state index is 0. The number of nitrogens with one attached hydrogen (secondary N) is 1. The molecule has 0 aliphatic heterocycles. The maximum absolute atomic E-state index is 10.0. The number of alkyl halides is 1. The molecular weight excluding hydrogens is 335 g/mol. The number of aromatic nitrogens is 3.